The maximum Gasteiger partial charge on any atom is 0.341 e. The number of aromatic carboxylic acids is 1. The van der Waals surface area contributed by atoms with E-state index in [0.29, 0.717) is 37.9 Å². The number of carbonyl (C=O) groups is 2. The number of ether oxygens (including phenoxy) is 1. The van der Waals surface area contributed by atoms with Gasteiger partial charge in [0.2, 0.25) is 5.43 Å². The summed E-state index contributed by atoms with van der Waals surface area (Å²) in [4.78, 5) is 47.8. The van der Waals surface area contributed by atoms with Crippen LogP contribution in [0.15, 0.2) is 22.6 Å². The van der Waals surface area contributed by atoms with Crippen molar-refractivity contribution in [3.8, 4) is 5.13 Å². The molecule has 0 atom stereocenters. The van der Waals surface area contributed by atoms with E-state index in [0.717, 1.165) is 12.8 Å². The van der Waals surface area contributed by atoms with Crippen LogP contribution in [0, 0.1) is 24.1 Å². The van der Waals surface area contributed by atoms with Gasteiger partial charge >= 0.3 is 5.97 Å². The number of aryl methyl sites for hydroxylation is 1. The molecule has 35 heavy (non-hydrogen) atoms. The molecule has 1 saturated carbocycles. The van der Waals surface area contributed by atoms with Crippen LogP contribution in [0.5, 0.6) is 0 Å². The molecular weight excluding hydrogens is 475 g/mol. The molecule has 1 saturated heterocycles. The maximum atomic E-state index is 15.4. The zero-order chi connectivity index (χ0) is 24.9. The number of hydrogen-bond donors (Lipinski definition) is 1. The summed E-state index contributed by atoms with van der Waals surface area (Å²) in [5.74, 6) is -2.11. The van der Waals surface area contributed by atoms with Gasteiger partial charge in [-0.1, -0.05) is 0 Å². The number of thiazole rings is 1. The molecule has 1 aliphatic heterocycles. The molecule has 184 valence electrons. The van der Waals surface area contributed by atoms with Crippen LogP contribution in [-0.4, -0.2) is 57.7 Å². The molecule has 0 radical (unpaired) electrons. The lowest BCUT2D eigenvalue weighted by atomic mass is 9.87. The second-order valence-corrected chi connectivity index (χ2v) is 10.2. The lowest BCUT2D eigenvalue weighted by molar-refractivity contribution is -0.125. The van der Waals surface area contributed by atoms with Crippen molar-refractivity contribution < 1.29 is 23.8 Å². The van der Waals surface area contributed by atoms with Gasteiger partial charge in [-0.05, 0) is 26.7 Å². The van der Waals surface area contributed by atoms with Gasteiger partial charge in [-0.3, -0.25) is 14.2 Å². The first-order valence-corrected chi connectivity index (χ1v) is 12.4. The first kappa shape index (κ1) is 23.6. The number of carboxylic acid groups (broad SMARTS) is 1. The predicted molar refractivity (Wildman–Crippen MR) is 128 cm³/mol. The van der Waals surface area contributed by atoms with E-state index in [-0.39, 0.29) is 39.5 Å². The molecule has 9 nitrogen and oxygen atoms in total. The van der Waals surface area contributed by atoms with Gasteiger partial charge in [0.25, 0.3) is 0 Å². The van der Waals surface area contributed by atoms with E-state index in [9.17, 15) is 19.5 Å². The summed E-state index contributed by atoms with van der Waals surface area (Å²) in [7, 11) is 0. The monoisotopic (exact) mass is 500 g/mol. The Morgan fingerprint density at radius 3 is 2.69 bits per heavy atom. The molecule has 2 aliphatic rings. The molecule has 5 rings (SSSR count). The highest BCUT2D eigenvalue weighted by Crippen LogP contribution is 2.50. The number of aromatic nitrogens is 3. The third kappa shape index (κ3) is 4.12. The Hall–Kier alpha value is -3.18. The minimum absolute atomic E-state index is 0.0202. The quantitative estimate of drug-likeness (QED) is 0.476. The van der Waals surface area contributed by atoms with Crippen molar-refractivity contribution in [1.29, 1.82) is 0 Å². The van der Waals surface area contributed by atoms with Crippen molar-refractivity contribution in [2.75, 3.05) is 31.2 Å². The Balaban J connectivity index is 1.46. The van der Waals surface area contributed by atoms with Crippen LogP contribution >= 0.6 is 11.3 Å². The van der Waals surface area contributed by atoms with E-state index in [1.54, 1.807) is 16.5 Å². The highest BCUT2D eigenvalue weighted by molar-refractivity contribution is 7.12. The Morgan fingerprint density at radius 1 is 1.34 bits per heavy atom. The number of nitrogens with zero attached hydrogens (tertiary/aromatic N) is 4. The number of halogens is 1. The number of rotatable bonds is 9. The maximum absolute atomic E-state index is 15.4. The van der Waals surface area contributed by atoms with E-state index < -0.39 is 22.8 Å². The van der Waals surface area contributed by atoms with Gasteiger partial charge in [-0.15, -0.1) is 11.3 Å². The van der Waals surface area contributed by atoms with Gasteiger partial charge in [0.05, 0.1) is 17.9 Å². The molecule has 0 unspecified atom stereocenters. The van der Waals surface area contributed by atoms with Crippen molar-refractivity contribution in [2.45, 2.75) is 33.1 Å². The number of carbonyl (C=O) groups excluding carboxylic acids is 1. The molecule has 0 aromatic carbocycles. The second kappa shape index (κ2) is 8.80. The number of Topliss-reactive ketones (excluding diaryl/α,β-unsaturated/α-hetero) is 1. The highest BCUT2D eigenvalue weighted by atomic mass is 32.1. The van der Waals surface area contributed by atoms with Gasteiger partial charge in [-0.25, -0.2) is 19.2 Å². The Morgan fingerprint density at radius 2 is 2.09 bits per heavy atom. The van der Waals surface area contributed by atoms with Crippen LogP contribution in [0.3, 0.4) is 0 Å². The van der Waals surface area contributed by atoms with Crippen molar-refractivity contribution in [1.82, 2.24) is 14.5 Å². The predicted octanol–water partition coefficient (Wildman–Crippen LogP) is 3.20. The molecule has 1 aliphatic carbocycles. The fourth-order valence-corrected chi connectivity index (χ4v) is 5.18. The molecule has 4 heterocycles. The van der Waals surface area contributed by atoms with Crippen molar-refractivity contribution in [2.24, 2.45) is 11.3 Å². The van der Waals surface area contributed by atoms with Crippen LogP contribution in [-0.2, 0) is 9.53 Å². The Labute approximate surface area is 204 Å². The first-order chi connectivity index (χ1) is 16.7. The molecule has 2 fully saturated rings. The summed E-state index contributed by atoms with van der Waals surface area (Å²) in [6, 6.07) is 0. The molecular formula is C24H25FN4O5S. The Bertz CT molecular complexity index is 1380. The smallest absolute Gasteiger partial charge is 0.341 e. The van der Waals surface area contributed by atoms with E-state index in [2.05, 4.69) is 9.97 Å². The lowest BCUT2D eigenvalue weighted by Gasteiger charge is -2.40. The number of ketones is 1. The number of hydrogen-bond acceptors (Lipinski definition) is 8. The summed E-state index contributed by atoms with van der Waals surface area (Å²) >= 11 is 1.24. The minimum atomic E-state index is -1.41. The summed E-state index contributed by atoms with van der Waals surface area (Å²) in [5.41, 5.74) is -1.17. The second-order valence-electron chi connectivity index (χ2n) is 9.32. The summed E-state index contributed by atoms with van der Waals surface area (Å²) in [6.45, 7) is 5.28. The zero-order valence-electron chi connectivity index (χ0n) is 19.4. The molecule has 11 heteroatoms. The average molecular weight is 501 g/mol. The summed E-state index contributed by atoms with van der Waals surface area (Å²) < 4.78 is 22.4. The molecule has 3 aromatic rings. The highest BCUT2D eigenvalue weighted by Gasteiger charge is 2.47. The van der Waals surface area contributed by atoms with E-state index in [1.807, 2.05) is 6.92 Å². The summed E-state index contributed by atoms with van der Waals surface area (Å²) in [5, 5.41) is 11.5. The molecule has 0 spiro atoms. The number of carboxylic acids is 1. The van der Waals surface area contributed by atoms with Crippen molar-refractivity contribution >= 4 is 39.9 Å². The SMILES string of the molecule is CCOCC1(CC(=O)C2CN(c3nc4c(c(C)c3F)c(=O)c(C(=O)O)cn4-c3nccs3)C2)CC1. The van der Waals surface area contributed by atoms with Crippen LogP contribution in [0.4, 0.5) is 10.2 Å². The topological polar surface area (TPSA) is 115 Å². The largest absolute Gasteiger partial charge is 0.477 e. The fraction of sp³-hybridized carbons (Fsp3) is 0.458. The molecule has 3 aromatic heterocycles. The van der Waals surface area contributed by atoms with Crippen LogP contribution in [0.25, 0.3) is 16.2 Å². The fourth-order valence-electron chi connectivity index (χ4n) is 4.56. The molecule has 0 amide bonds. The van der Waals surface area contributed by atoms with E-state index in [4.69, 9.17) is 4.74 Å². The Kier molecular flexibility index (Phi) is 5.92. The van der Waals surface area contributed by atoms with Crippen LogP contribution < -0.4 is 10.3 Å². The number of anilines is 1. The van der Waals surface area contributed by atoms with Gasteiger partial charge in [0, 0.05) is 54.9 Å². The van der Waals surface area contributed by atoms with E-state index >= 15 is 4.39 Å². The average Bonchev–Trinajstić information content (AvgIpc) is 3.32. The third-order valence-electron chi connectivity index (χ3n) is 6.90. The van der Waals surface area contributed by atoms with Gasteiger partial charge in [0.15, 0.2) is 22.4 Å². The van der Waals surface area contributed by atoms with Crippen molar-refractivity contribution in [3.05, 3.63) is 44.9 Å². The zero-order valence-corrected chi connectivity index (χ0v) is 20.2. The van der Waals surface area contributed by atoms with Gasteiger partial charge in [-0.2, -0.15) is 0 Å². The van der Waals surface area contributed by atoms with Crippen LogP contribution in [0.1, 0.15) is 42.1 Å². The number of pyridine rings is 2. The summed E-state index contributed by atoms with van der Waals surface area (Å²) in [6.07, 6.45) is 5.17. The first-order valence-electron chi connectivity index (χ1n) is 11.5. The van der Waals surface area contributed by atoms with Gasteiger partial charge in [0.1, 0.15) is 11.3 Å². The third-order valence-corrected chi connectivity index (χ3v) is 7.68. The molecule has 0 bridgehead atoms. The van der Waals surface area contributed by atoms with E-state index in [1.165, 1.54) is 29.0 Å². The lowest BCUT2D eigenvalue weighted by Crippen LogP contribution is -2.51. The van der Waals surface area contributed by atoms with Gasteiger partial charge < -0.3 is 14.7 Å². The molecule has 1 N–H and O–H groups in total. The van der Waals surface area contributed by atoms with Crippen LogP contribution in [0.2, 0.25) is 0 Å². The normalized spacial score (nSPS) is 16.9. The minimum Gasteiger partial charge on any atom is -0.477 e. The van der Waals surface area contributed by atoms with Crippen molar-refractivity contribution in [3.63, 3.8) is 0 Å². The standard InChI is InChI=1S/C24H25FN4O5S/c1-3-34-12-24(4-5-24)8-16(30)14-9-28(10-14)21-18(25)13(2)17-19(31)15(22(32)33)11-29(20(17)27-21)23-26-6-7-35-23/h6-7,11,14H,3-5,8-10,12H2,1-2H3,(H,32,33). The number of fused-ring (bicyclic) bond motifs is 1.